The zero-order valence-corrected chi connectivity index (χ0v) is 10.7. The van der Waals surface area contributed by atoms with Crippen molar-refractivity contribution in [1.29, 1.82) is 0 Å². The molecular formula is C14H13N3O3. The Morgan fingerprint density at radius 2 is 2.05 bits per heavy atom. The maximum absolute atomic E-state index is 11.7. The Morgan fingerprint density at radius 1 is 1.25 bits per heavy atom. The number of hydrazone groups is 1. The molecule has 0 fully saturated rings. The molecule has 3 N–H and O–H groups in total. The van der Waals surface area contributed by atoms with Crippen molar-refractivity contribution in [3.8, 4) is 11.5 Å². The van der Waals surface area contributed by atoms with Gasteiger partial charge in [-0.15, -0.1) is 0 Å². The lowest BCUT2D eigenvalue weighted by molar-refractivity contribution is 0.0950. The number of benzene rings is 1. The van der Waals surface area contributed by atoms with Crippen LogP contribution in [0.5, 0.6) is 11.5 Å². The molecule has 0 spiro atoms. The van der Waals surface area contributed by atoms with Crippen LogP contribution >= 0.6 is 0 Å². The van der Waals surface area contributed by atoms with E-state index in [1.807, 2.05) is 0 Å². The fourth-order valence-electron chi connectivity index (χ4n) is 1.58. The second kappa shape index (κ2) is 5.83. The number of phenols is 2. The molecule has 1 aromatic carbocycles. The van der Waals surface area contributed by atoms with E-state index in [1.54, 1.807) is 25.1 Å². The van der Waals surface area contributed by atoms with Crippen LogP contribution in [0.25, 0.3) is 0 Å². The predicted octanol–water partition coefficient (Wildman–Crippen LogP) is 1.65. The van der Waals surface area contributed by atoms with Gasteiger partial charge in [0.05, 0.1) is 5.71 Å². The minimum Gasteiger partial charge on any atom is -0.508 e. The number of hydrogen-bond donors (Lipinski definition) is 3. The van der Waals surface area contributed by atoms with Gasteiger partial charge < -0.3 is 10.2 Å². The molecule has 1 heterocycles. The Labute approximate surface area is 115 Å². The van der Waals surface area contributed by atoms with Crippen molar-refractivity contribution in [1.82, 2.24) is 10.4 Å². The molecule has 1 aromatic heterocycles. The van der Waals surface area contributed by atoms with Gasteiger partial charge in [-0.25, -0.2) is 5.43 Å². The number of carbonyl (C=O) groups excluding carboxylic acids is 1. The maximum atomic E-state index is 11.7. The first kappa shape index (κ1) is 13.5. The van der Waals surface area contributed by atoms with E-state index >= 15 is 0 Å². The Bertz CT molecular complexity index is 654. The highest BCUT2D eigenvalue weighted by molar-refractivity contribution is 6.02. The van der Waals surface area contributed by atoms with Crippen molar-refractivity contribution < 1.29 is 15.0 Å². The van der Waals surface area contributed by atoms with Crippen LogP contribution in [0.4, 0.5) is 0 Å². The van der Waals surface area contributed by atoms with Gasteiger partial charge in [-0.1, -0.05) is 6.07 Å². The first-order chi connectivity index (χ1) is 9.58. The zero-order chi connectivity index (χ0) is 14.5. The summed E-state index contributed by atoms with van der Waals surface area (Å²) in [6, 6.07) is 9.11. The van der Waals surface area contributed by atoms with Crippen LogP contribution < -0.4 is 5.43 Å². The van der Waals surface area contributed by atoms with Crippen LogP contribution in [0.2, 0.25) is 0 Å². The van der Waals surface area contributed by atoms with Crippen LogP contribution in [0, 0.1) is 0 Å². The van der Waals surface area contributed by atoms with Crippen LogP contribution in [0.3, 0.4) is 0 Å². The quantitative estimate of drug-likeness (QED) is 0.584. The molecule has 20 heavy (non-hydrogen) atoms. The van der Waals surface area contributed by atoms with E-state index in [0.717, 1.165) is 0 Å². The molecule has 0 bridgehead atoms. The molecule has 2 aromatic rings. The molecule has 6 heteroatoms. The average Bonchev–Trinajstić information content (AvgIpc) is 2.45. The van der Waals surface area contributed by atoms with Gasteiger partial charge in [-0.05, 0) is 31.2 Å². The molecule has 1 amide bonds. The summed E-state index contributed by atoms with van der Waals surface area (Å²) >= 11 is 0. The summed E-state index contributed by atoms with van der Waals surface area (Å²) in [5.74, 6) is -0.599. The summed E-state index contributed by atoms with van der Waals surface area (Å²) in [7, 11) is 0. The number of phenolic OH excluding ortho intramolecular Hbond substituents is 2. The van der Waals surface area contributed by atoms with Crippen LogP contribution in [0.1, 0.15) is 23.0 Å². The molecule has 2 rings (SSSR count). The number of hydrogen-bond acceptors (Lipinski definition) is 5. The number of rotatable bonds is 3. The van der Waals surface area contributed by atoms with Crippen molar-refractivity contribution in [2.45, 2.75) is 6.92 Å². The monoisotopic (exact) mass is 271 g/mol. The van der Waals surface area contributed by atoms with Gasteiger partial charge >= 0.3 is 0 Å². The fourth-order valence-corrected chi connectivity index (χ4v) is 1.58. The number of nitrogens with one attached hydrogen (secondary N) is 1. The van der Waals surface area contributed by atoms with Crippen LogP contribution in [-0.2, 0) is 0 Å². The number of amides is 1. The number of nitrogens with zero attached hydrogens (tertiary/aromatic N) is 2. The first-order valence-electron chi connectivity index (χ1n) is 5.86. The molecule has 0 aliphatic carbocycles. The highest BCUT2D eigenvalue weighted by Crippen LogP contribution is 2.22. The van der Waals surface area contributed by atoms with Gasteiger partial charge in [0.15, 0.2) is 0 Å². The lowest BCUT2D eigenvalue weighted by Gasteiger charge is -2.05. The predicted molar refractivity (Wildman–Crippen MR) is 73.7 cm³/mol. The number of aromatic nitrogens is 1. The highest BCUT2D eigenvalue weighted by atomic mass is 16.3. The van der Waals surface area contributed by atoms with Gasteiger partial charge in [0, 0.05) is 17.8 Å². The van der Waals surface area contributed by atoms with E-state index < -0.39 is 5.91 Å². The van der Waals surface area contributed by atoms with Gasteiger partial charge in [-0.2, -0.15) is 5.10 Å². The number of aromatic hydroxyl groups is 2. The van der Waals surface area contributed by atoms with Gasteiger partial charge in [-0.3, -0.25) is 9.78 Å². The Kier molecular flexibility index (Phi) is 3.95. The van der Waals surface area contributed by atoms with E-state index in [2.05, 4.69) is 15.5 Å². The van der Waals surface area contributed by atoms with E-state index in [9.17, 15) is 15.0 Å². The van der Waals surface area contributed by atoms with Gasteiger partial charge in [0.1, 0.15) is 17.2 Å². The molecular weight excluding hydrogens is 258 g/mol. The Balaban J connectivity index is 2.13. The summed E-state index contributed by atoms with van der Waals surface area (Å²) in [4.78, 5) is 15.6. The molecule has 0 radical (unpaired) electrons. The van der Waals surface area contributed by atoms with Crippen molar-refractivity contribution in [2.24, 2.45) is 5.10 Å². The van der Waals surface area contributed by atoms with Crippen molar-refractivity contribution >= 4 is 11.6 Å². The standard InChI is InChI=1S/C14H13N3O3/c1-9(11-6-5-10(18)8-13(11)19)16-17-14(20)12-4-2-3-7-15-12/h2-8,18-19H,1H3,(H,17,20). The Morgan fingerprint density at radius 3 is 2.70 bits per heavy atom. The topological polar surface area (TPSA) is 94.8 Å². The van der Waals surface area contributed by atoms with Gasteiger partial charge in [0.2, 0.25) is 0 Å². The molecule has 0 unspecified atom stereocenters. The summed E-state index contributed by atoms with van der Waals surface area (Å²) in [6.45, 7) is 1.63. The number of carbonyl (C=O) groups is 1. The summed E-state index contributed by atoms with van der Waals surface area (Å²) in [5, 5.41) is 22.8. The van der Waals surface area contributed by atoms with Crippen LogP contribution in [0.15, 0.2) is 47.7 Å². The first-order valence-corrected chi connectivity index (χ1v) is 5.86. The molecule has 102 valence electrons. The SMILES string of the molecule is CC(=NNC(=O)c1ccccn1)c1ccc(O)cc1O. The minimum absolute atomic E-state index is 0.0448. The normalized spacial score (nSPS) is 11.2. The third kappa shape index (κ3) is 3.11. The van der Waals surface area contributed by atoms with Gasteiger partial charge in [0.25, 0.3) is 5.91 Å². The molecule has 0 saturated heterocycles. The summed E-state index contributed by atoms with van der Waals surface area (Å²) < 4.78 is 0. The average molecular weight is 271 g/mol. The zero-order valence-electron chi connectivity index (χ0n) is 10.7. The molecule has 0 atom stereocenters. The van der Waals surface area contributed by atoms with E-state index in [1.165, 1.54) is 24.4 Å². The lowest BCUT2D eigenvalue weighted by Crippen LogP contribution is -2.20. The van der Waals surface area contributed by atoms with Crippen molar-refractivity contribution in [2.75, 3.05) is 0 Å². The second-order valence-corrected chi connectivity index (χ2v) is 4.05. The third-order valence-corrected chi connectivity index (χ3v) is 2.59. The highest BCUT2D eigenvalue weighted by Gasteiger charge is 2.08. The lowest BCUT2D eigenvalue weighted by atomic mass is 10.1. The summed E-state index contributed by atoms with van der Waals surface area (Å²) in [6.07, 6.45) is 1.51. The van der Waals surface area contributed by atoms with E-state index in [0.29, 0.717) is 11.3 Å². The number of pyridine rings is 1. The third-order valence-electron chi connectivity index (χ3n) is 2.59. The largest absolute Gasteiger partial charge is 0.508 e. The second-order valence-electron chi connectivity index (χ2n) is 4.05. The maximum Gasteiger partial charge on any atom is 0.289 e. The fraction of sp³-hybridized carbons (Fsp3) is 0.0714. The smallest absolute Gasteiger partial charge is 0.289 e. The minimum atomic E-state index is -0.441. The van der Waals surface area contributed by atoms with Crippen LogP contribution in [-0.4, -0.2) is 26.8 Å². The van der Waals surface area contributed by atoms with E-state index in [4.69, 9.17) is 0 Å². The van der Waals surface area contributed by atoms with Crippen molar-refractivity contribution in [3.63, 3.8) is 0 Å². The molecule has 0 aliphatic rings. The summed E-state index contributed by atoms with van der Waals surface area (Å²) in [5.41, 5.74) is 3.43. The Hall–Kier alpha value is -2.89. The molecule has 0 aliphatic heterocycles. The molecule has 0 saturated carbocycles. The van der Waals surface area contributed by atoms with Crippen molar-refractivity contribution in [3.05, 3.63) is 53.9 Å². The molecule has 6 nitrogen and oxygen atoms in total. The van der Waals surface area contributed by atoms with E-state index in [-0.39, 0.29) is 17.2 Å².